The molecule has 3 nitrogen and oxygen atoms in total. The molecular weight excluding hydrogens is 280 g/mol. The highest BCUT2D eigenvalue weighted by Gasteiger charge is 2.22. The van der Waals surface area contributed by atoms with E-state index >= 15 is 0 Å². The lowest BCUT2D eigenvalue weighted by Gasteiger charge is -2.19. The zero-order chi connectivity index (χ0) is 14.7. The molecule has 4 heteroatoms. The average Bonchev–Trinajstić information content (AvgIpc) is 2.89. The lowest BCUT2D eigenvalue weighted by atomic mass is 9.89. The molecule has 0 unspecified atom stereocenters. The molecule has 0 radical (unpaired) electrons. The molecule has 1 aliphatic carbocycles. The number of anilines is 1. The maximum atomic E-state index is 12.3. The third-order valence-electron chi connectivity index (χ3n) is 4.04. The number of hydrogen-bond acceptors (Lipinski definition) is 3. The van der Waals surface area contributed by atoms with Gasteiger partial charge in [0.2, 0.25) is 5.91 Å². The molecule has 0 saturated heterocycles. The summed E-state index contributed by atoms with van der Waals surface area (Å²) >= 11 is 1.56. The number of carbonyl (C=O) groups is 1. The van der Waals surface area contributed by atoms with E-state index in [0.29, 0.717) is 0 Å². The molecule has 110 valence electrons. The molecule has 1 N–H and O–H groups in total. The van der Waals surface area contributed by atoms with Crippen molar-refractivity contribution in [1.29, 1.82) is 0 Å². The second-order valence-electron chi connectivity index (χ2n) is 5.62. The molecule has 0 spiro atoms. The van der Waals surface area contributed by atoms with Crippen LogP contribution in [0.5, 0.6) is 0 Å². The number of nitrogens with one attached hydrogen (secondary N) is 1. The summed E-state index contributed by atoms with van der Waals surface area (Å²) in [4.78, 5) is 17.9. The van der Waals surface area contributed by atoms with Crippen molar-refractivity contribution in [3.8, 4) is 10.4 Å². The molecule has 1 aliphatic rings. The zero-order valence-corrected chi connectivity index (χ0v) is 13.1. The van der Waals surface area contributed by atoms with Gasteiger partial charge in [0, 0.05) is 5.92 Å². The summed E-state index contributed by atoms with van der Waals surface area (Å²) in [5, 5.41) is 3.74. The van der Waals surface area contributed by atoms with Gasteiger partial charge in [-0.1, -0.05) is 60.9 Å². The molecule has 1 heterocycles. The summed E-state index contributed by atoms with van der Waals surface area (Å²) in [5.74, 6) is 0.311. The molecule has 1 aromatic heterocycles. The summed E-state index contributed by atoms with van der Waals surface area (Å²) in [6, 6.07) is 10.2. The molecule has 0 atom stereocenters. The lowest BCUT2D eigenvalue weighted by Crippen LogP contribution is -2.24. The fraction of sp³-hybridized carbons (Fsp3) is 0.412. The molecule has 21 heavy (non-hydrogen) atoms. The van der Waals surface area contributed by atoms with Gasteiger partial charge >= 0.3 is 0 Å². The van der Waals surface area contributed by atoms with Crippen LogP contribution < -0.4 is 5.32 Å². The molecule has 1 aromatic carbocycles. The van der Waals surface area contributed by atoms with Gasteiger partial charge in [0.05, 0.1) is 10.6 Å². The van der Waals surface area contributed by atoms with Crippen LogP contribution in [0.2, 0.25) is 0 Å². The summed E-state index contributed by atoms with van der Waals surface area (Å²) in [6.45, 7) is 2.00. The van der Waals surface area contributed by atoms with Gasteiger partial charge in [0.25, 0.3) is 0 Å². The van der Waals surface area contributed by atoms with Crippen LogP contribution in [-0.4, -0.2) is 10.9 Å². The summed E-state index contributed by atoms with van der Waals surface area (Å²) in [5.41, 5.74) is 2.14. The Labute approximate surface area is 129 Å². The molecule has 1 amide bonds. The van der Waals surface area contributed by atoms with Crippen molar-refractivity contribution < 1.29 is 4.79 Å². The van der Waals surface area contributed by atoms with Crippen molar-refractivity contribution in [2.75, 3.05) is 5.32 Å². The Bertz CT molecular complexity index is 615. The van der Waals surface area contributed by atoms with Crippen LogP contribution in [0.4, 0.5) is 5.13 Å². The molecule has 3 rings (SSSR count). The number of carbonyl (C=O) groups excluding carboxylic acids is 1. The quantitative estimate of drug-likeness (QED) is 0.897. The second kappa shape index (κ2) is 6.39. The van der Waals surface area contributed by atoms with E-state index in [1.54, 1.807) is 11.3 Å². The summed E-state index contributed by atoms with van der Waals surface area (Å²) < 4.78 is 0. The highest BCUT2D eigenvalue weighted by Crippen LogP contribution is 2.33. The maximum Gasteiger partial charge on any atom is 0.229 e. The largest absolute Gasteiger partial charge is 0.302 e. The number of thiazole rings is 1. The van der Waals surface area contributed by atoms with E-state index in [1.807, 2.05) is 25.1 Å². The molecule has 0 bridgehead atoms. The predicted octanol–water partition coefficient (Wildman–Crippen LogP) is 4.64. The highest BCUT2D eigenvalue weighted by atomic mass is 32.1. The topological polar surface area (TPSA) is 42.0 Å². The number of amides is 1. The minimum atomic E-state index is 0.142. The van der Waals surface area contributed by atoms with Gasteiger partial charge in [-0.2, -0.15) is 0 Å². The number of aryl methyl sites for hydroxylation is 1. The van der Waals surface area contributed by atoms with Crippen molar-refractivity contribution in [2.45, 2.75) is 39.0 Å². The van der Waals surface area contributed by atoms with Gasteiger partial charge in [-0.15, -0.1) is 0 Å². The van der Waals surface area contributed by atoms with E-state index in [9.17, 15) is 4.79 Å². The van der Waals surface area contributed by atoms with Gasteiger partial charge in [0.15, 0.2) is 5.13 Å². The third-order valence-corrected chi connectivity index (χ3v) is 5.16. The molecule has 2 aromatic rings. The van der Waals surface area contributed by atoms with E-state index in [0.717, 1.165) is 34.1 Å². The average molecular weight is 300 g/mol. The second-order valence-corrected chi connectivity index (χ2v) is 6.62. The van der Waals surface area contributed by atoms with Crippen LogP contribution in [-0.2, 0) is 4.79 Å². The first-order chi connectivity index (χ1) is 10.2. The van der Waals surface area contributed by atoms with Crippen LogP contribution in [0, 0.1) is 12.8 Å². The van der Waals surface area contributed by atoms with E-state index in [-0.39, 0.29) is 11.8 Å². The number of aromatic nitrogens is 1. The van der Waals surface area contributed by atoms with Crippen LogP contribution in [0.1, 0.15) is 37.8 Å². The Morgan fingerprint density at radius 3 is 2.62 bits per heavy atom. The van der Waals surface area contributed by atoms with Crippen LogP contribution in [0.3, 0.4) is 0 Å². The minimum absolute atomic E-state index is 0.142. The van der Waals surface area contributed by atoms with E-state index in [1.165, 1.54) is 19.3 Å². The van der Waals surface area contributed by atoms with Crippen molar-refractivity contribution >= 4 is 22.4 Å². The van der Waals surface area contributed by atoms with Crippen LogP contribution in [0.15, 0.2) is 30.3 Å². The number of rotatable bonds is 3. The standard InChI is InChI=1S/C17H20N2OS/c1-12-15(13-8-4-2-5-9-13)21-17(18-12)19-16(20)14-10-6-3-7-11-14/h2,4-5,8-9,14H,3,6-7,10-11H2,1H3,(H,18,19,20). The summed E-state index contributed by atoms with van der Waals surface area (Å²) in [6.07, 6.45) is 5.64. The van der Waals surface area contributed by atoms with Crippen LogP contribution >= 0.6 is 11.3 Å². The van der Waals surface area contributed by atoms with Gasteiger partial charge in [-0.05, 0) is 25.3 Å². The Hall–Kier alpha value is -1.68. The number of hydrogen-bond donors (Lipinski definition) is 1. The highest BCUT2D eigenvalue weighted by molar-refractivity contribution is 7.19. The van der Waals surface area contributed by atoms with Gasteiger partial charge in [-0.25, -0.2) is 4.98 Å². The van der Waals surface area contributed by atoms with Crippen LogP contribution in [0.25, 0.3) is 10.4 Å². The van der Waals surface area contributed by atoms with E-state index in [4.69, 9.17) is 0 Å². The Morgan fingerprint density at radius 2 is 1.90 bits per heavy atom. The first-order valence-corrected chi connectivity index (χ1v) is 8.39. The molecular formula is C17H20N2OS. The first kappa shape index (κ1) is 14.3. The third kappa shape index (κ3) is 3.32. The molecule has 0 aliphatic heterocycles. The zero-order valence-electron chi connectivity index (χ0n) is 12.3. The molecule has 1 saturated carbocycles. The smallest absolute Gasteiger partial charge is 0.229 e. The Kier molecular flexibility index (Phi) is 4.34. The Morgan fingerprint density at radius 1 is 1.19 bits per heavy atom. The fourth-order valence-corrected chi connectivity index (χ4v) is 3.85. The first-order valence-electron chi connectivity index (χ1n) is 7.58. The van der Waals surface area contributed by atoms with Gasteiger partial charge < -0.3 is 5.32 Å². The monoisotopic (exact) mass is 300 g/mol. The van der Waals surface area contributed by atoms with Crippen molar-refractivity contribution in [2.24, 2.45) is 5.92 Å². The minimum Gasteiger partial charge on any atom is -0.302 e. The van der Waals surface area contributed by atoms with E-state index < -0.39 is 0 Å². The molecule has 1 fully saturated rings. The predicted molar refractivity (Wildman–Crippen MR) is 87.5 cm³/mol. The maximum absolute atomic E-state index is 12.3. The van der Waals surface area contributed by atoms with Gasteiger partial charge in [-0.3, -0.25) is 4.79 Å². The Balaban J connectivity index is 1.73. The normalized spacial score (nSPS) is 15.9. The van der Waals surface area contributed by atoms with Crippen molar-refractivity contribution in [1.82, 2.24) is 4.98 Å². The number of nitrogens with zero attached hydrogens (tertiary/aromatic N) is 1. The summed E-state index contributed by atoms with van der Waals surface area (Å²) in [7, 11) is 0. The van der Waals surface area contributed by atoms with Crippen molar-refractivity contribution in [3.63, 3.8) is 0 Å². The van der Waals surface area contributed by atoms with E-state index in [2.05, 4.69) is 22.4 Å². The fourth-order valence-electron chi connectivity index (χ4n) is 2.88. The number of benzene rings is 1. The SMILES string of the molecule is Cc1nc(NC(=O)C2CCCCC2)sc1-c1ccccc1. The van der Waals surface area contributed by atoms with Crippen molar-refractivity contribution in [3.05, 3.63) is 36.0 Å². The van der Waals surface area contributed by atoms with Gasteiger partial charge in [0.1, 0.15) is 0 Å². The lowest BCUT2D eigenvalue weighted by molar-refractivity contribution is -0.120.